The number of nitrogens with two attached hydrogens (primary N) is 1. The van der Waals surface area contributed by atoms with Gasteiger partial charge in [0.15, 0.2) is 0 Å². The summed E-state index contributed by atoms with van der Waals surface area (Å²) in [5.74, 6) is 5.10. The molecule has 1 saturated carbocycles. The highest BCUT2D eigenvalue weighted by Crippen LogP contribution is 2.22. The first-order chi connectivity index (χ1) is 7.79. The number of carbonyl (C=O) groups excluding carboxylic acids is 1. The van der Waals surface area contributed by atoms with Crippen LogP contribution >= 0.6 is 0 Å². The van der Waals surface area contributed by atoms with Gasteiger partial charge in [-0.05, 0) is 32.1 Å². The first-order valence-corrected chi connectivity index (χ1v) is 6.10. The van der Waals surface area contributed by atoms with Gasteiger partial charge >= 0.3 is 6.09 Å². The molecule has 0 unspecified atom stereocenters. The van der Waals surface area contributed by atoms with Crippen molar-refractivity contribution in [1.29, 1.82) is 0 Å². The summed E-state index contributed by atoms with van der Waals surface area (Å²) in [6, 6.07) is 0. The predicted molar refractivity (Wildman–Crippen MR) is 58.6 cm³/mol. The SMILES string of the molecule is NO[C@@H]1CCN(C(=O)OC2CCCCC2)C1. The maximum atomic E-state index is 11.8. The molecule has 5 nitrogen and oxygen atoms in total. The molecule has 1 saturated heterocycles. The van der Waals surface area contributed by atoms with Crippen molar-refractivity contribution in [1.82, 2.24) is 4.90 Å². The summed E-state index contributed by atoms with van der Waals surface area (Å²) in [4.78, 5) is 18.2. The third-order valence-corrected chi connectivity index (χ3v) is 3.42. The molecule has 1 aliphatic carbocycles. The van der Waals surface area contributed by atoms with E-state index in [1.165, 1.54) is 19.3 Å². The second kappa shape index (κ2) is 5.50. The van der Waals surface area contributed by atoms with E-state index in [4.69, 9.17) is 15.5 Å². The molecule has 0 radical (unpaired) electrons. The second-order valence-electron chi connectivity index (χ2n) is 4.64. The first-order valence-electron chi connectivity index (χ1n) is 6.10. The van der Waals surface area contributed by atoms with Gasteiger partial charge in [-0.15, -0.1) is 0 Å². The van der Waals surface area contributed by atoms with Crippen LogP contribution in [0.2, 0.25) is 0 Å². The summed E-state index contributed by atoms with van der Waals surface area (Å²) in [6.07, 6.45) is 6.33. The van der Waals surface area contributed by atoms with Gasteiger partial charge in [-0.25, -0.2) is 10.7 Å². The van der Waals surface area contributed by atoms with Gasteiger partial charge in [-0.3, -0.25) is 4.84 Å². The van der Waals surface area contributed by atoms with Crippen molar-refractivity contribution in [3.63, 3.8) is 0 Å². The number of ether oxygens (including phenoxy) is 1. The number of amides is 1. The van der Waals surface area contributed by atoms with Gasteiger partial charge in [0.25, 0.3) is 0 Å². The Morgan fingerprint density at radius 1 is 1.12 bits per heavy atom. The van der Waals surface area contributed by atoms with E-state index in [-0.39, 0.29) is 18.3 Å². The molecule has 1 aliphatic heterocycles. The fourth-order valence-corrected chi connectivity index (χ4v) is 2.41. The smallest absolute Gasteiger partial charge is 0.410 e. The normalized spacial score (nSPS) is 27.1. The summed E-state index contributed by atoms with van der Waals surface area (Å²) < 4.78 is 5.46. The first kappa shape index (κ1) is 11.7. The van der Waals surface area contributed by atoms with Gasteiger partial charge < -0.3 is 9.64 Å². The Bertz CT molecular complexity index is 241. The molecule has 2 fully saturated rings. The van der Waals surface area contributed by atoms with Crippen molar-refractivity contribution < 1.29 is 14.4 Å². The minimum absolute atomic E-state index is 0.0288. The molecule has 0 bridgehead atoms. The molecule has 0 aromatic heterocycles. The summed E-state index contributed by atoms with van der Waals surface area (Å²) in [6.45, 7) is 1.25. The lowest BCUT2D eigenvalue weighted by Gasteiger charge is -2.24. The molecule has 0 aromatic rings. The van der Waals surface area contributed by atoms with Crippen molar-refractivity contribution in [2.45, 2.75) is 50.7 Å². The van der Waals surface area contributed by atoms with Gasteiger partial charge in [0.1, 0.15) is 6.10 Å². The van der Waals surface area contributed by atoms with Gasteiger partial charge in [0.2, 0.25) is 0 Å². The van der Waals surface area contributed by atoms with Crippen molar-refractivity contribution in [3.8, 4) is 0 Å². The van der Waals surface area contributed by atoms with Crippen LogP contribution in [0.25, 0.3) is 0 Å². The molecule has 2 N–H and O–H groups in total. The number of nitrogens with zero attached hydrogens (tertiary/aromatic N) is 1. The Kier molecular flexibility index (Phi) is 4.01. The third-order valence-electron chi connectivity index (χ3n) is 3.42. The molecular formula is C11H20N2O3. The summed E-state index contributed by atoms with van der Waals surface area (Å²) in [7, 11) is 0. The van der Waals surface area contributed by atoms with E-state index in [2.05, 4.69) is 0 Å². The highest BCUT2D eigenvalue weighted by Gasteiger charge is 2.29. The number of hydrogen-bond donors (Lipinski definition) is 1. The van der Waals surface area contributed by atoms with E-state index < -0.39 is 0 Å². The van der Waals surface area contributed by atoms with Crippen LogP contribution in [-0.4, -0.2) is 36.3 Å². The Morgan fingerprint density at radius 2 is 1.88 bits per heavy atom. The standard InChI is InChI=1S/C11H20N2O3/c12-16-10-6-7-13(8-10)11(14)15-9-4-2-1-3-5-9/h9-10H,1-8,12H2/t10-/m1/s1. The van der Waals surface area contributed by atoms with E-state index in [1.807, 2.05) is 0 Å². The Labute approximate surface area is 95.8 Å². The van der Waals surface area contributed by atoms with E-state index in [1.54, 1.807) is 4.90 Å². The van der Waals surface area contributed by atoms with Crippen molar-refractivity contribution in [2.24, 2.45) is 5.90 Å². The maximum Gasteiger partial charge on any atom is 0.410 e. The summed E-state index contributed by atoms with van der Waals surface area (Å²) >= 11 is 0. The number of carbonyl (C=O) groups is 1. The van der Waals surface area contributed by atoms with Gasteiger partial charge in [0, 0.05) is 6.54 Å². The van der Waals surface area contributed by atoms with E-state index in [0.717, 1.165) is 19.3 Å². The van der Waals surface area contributed by atoms with Crippen LogP contribution in [0.1, 0.15) is 38.5 Å². The molecule has 5 heteroatoms. The largest absolute Gasteiger partial charge is 0.446 e. The van der Waals surface area contributed by atoms with Crippen LogP contribution in [0.15, 0.2) is 0 Å². The molecule has 1 atom stereocenters. The lowest BCUT2D eigenvalue weighted by molar-refractivity contribution is 0.0366. The fraction of sp³-hybridized carbons (Fsp3) is 0.909. The molecule has 0 spiro atoms. The van der Waals surface area contributed by atoms with Crippen LogP contribution in [0.5, 0.6) is 0 Å². The second-order valence-corrected chi connectivity index (χ2v) is 4.64. The highest BCUT2D eigenvalue weighted by molar-refractivity contribution is 5.68. The van der Waals surface area contributed by atoms with Crippen LogP contribution in [0, 0.1) is 0 Å². The molecule has 2 rings (SSSR count). The van der Waals surface area contributed by atoms with E-state index in [0.29, 0.717) is 13.1 Å². The average Bonchev–Trinajstić information content (AvgIpc) is 2.79. The lowest BCUT2D eigenvalue weighted by atomic mass is 9.98. The molecule has 2 aliphatic rings. The molecule has 16 heavy (non-hydrogen) atoms. The number of rotatable bonds is 2. The zero-order chi connectivity index (χ0) is 11.4. The molecule has 92 valence electrons. The Morgan fingerprint density at radius 3 is 2.50 bits per heavy atom. The van der Waals surface area contributed by atoms with Crippen LogP contribution < -0.4 is 5.90 Å². The fourth-order valence-electron chi connectivity index (χ4n) is 2.41. The quantitative estimate of drug-likeness (QED) is 0.726. The highest BCUT2D eigenvalue weighted by atomic mass is 16.6. The summed E-state index contributed by atoms with van der Waals surface area (Å²) in [5, 5.41) is 0. The monoisotopic (exact) mass is 228 g/mol. The van der Waals surface area contributed by atoms with Crippen LogP contribution in [-0.2, 0) is 9.57 Å². The van der Waals surface area contributed by atoms with Gasteiger partial charge in [-0.2, -0.15) is 0 Å². The van der Waals surface area contributed by atoms with Crippen LogP contribution in [0.3, 0.4) is 0 Å². The molecule has 1 amide bonds. The predicted octanol–water partition coefficient (Wildman–Crippen LogP) is 1.42. The van der Waals surface area contributed by atoms with E-state index >= 15 is 0 Å². The third kappa shape index (κ3) is 2.86. The van der Waals surface area contributed by atoms with Gasteiger partial charge in [-0.1, -0.05) is 6.42 Å². The van der Waals surface area contributed by atoms with Crippen molar-refractivity contribution in [2.75, 3.05) is 13.1 Å². The molecular weight excluding hydrogens is 208 g/mol. The van der Waals surface area contributed by atoms with Crippen molar-refractivity contribution in [3.05, 3.63) is 0 Å². The zero-order valence-electron chi connectivity index (χ0n) is 9.56. The maximum absolute atomic E-state index is 11.8. The van der Waals surface area contributed by atoms with E-state index in [9.17, 15) is 4.79 Å². The average molecular weight is 228 g/mol. The minimum Gasteiger partial charge on any atom is -0.446 e. The van der Waals surface area contributed by atoms with Crippen molar-refractivity contribution >= 4 is 6.09 Å². The minimum atomic E-state index is -0.202. The number of hydrogen-bond acceptors (Lipinski definition) is 4. The zero-order valence-corrected chi connectivity index (χ0v) is 9.56. The van der Waals surface area contributed by atoms with Gasteiger partial charge in [0.05, 0.1) is 12.6 Å². The number of likely N-dealkylation sites (tertiary alicyclic amines) is 1. The molecule has 1 heterocycles. The topological polar surface area (TPSA) is 64.8 Å². The molecule has 0 aromatic carbocycles. The van der Waals surface area contributed by atoms with Crippen LogP contribution in [0.4, 0.5) is 4.79 Å². The lowest BCUT2D eigenvalue weighted by Crippen LogP contribution is -2.34. The Balaban J connectivity index is 1.75. The summed E-state index contributed by atoms with van der Waals surface area (Å²) in [5.41, 5.74) is 0. The Hall–Kier alpha value is -0.810.